The van der Waals surface area contributed by atoms with Crippen LogP contribution in [0.4, 0.5) is 0 Å². The van der Waals surface area contributed by atoms with E-state index < -0.39 is 10.0 Å². The van der Waals surface area contributed by atoms with Crippen molar-refractivity contribution >= 4 is 15.9 Å². The van der Waals surface area contributed by atoms with Crippen molar-refractivity contribution in [1.82, 2.24) is 14.2 Å². The monoisotopic (exact) mass is 368 g/mol. The van der Waals surface area contributed by atoms with Gasteiger partial charge in [0.25, 0.3) is 0 Å². The van der Waals surface area contributed by atoms with Crippen molar-refractivity contribution in [2.45, 2.75) is 31.6 Å². The number of sulfonamides is 1. The molecule has 1 aromatic rings. The molecule has 7 nitrogen and oxygen atoms in total. The van der Waals surface area contributed by atoms with Crippen molar-refractivity contribution in [2.24, 2.45) is 17.1 Å². The second-order valence-corrected chi connectivity index (χ2v) is 9.37. The zero-order chi connectivity index (χ0) is 18.7. The summed E-state index contributed by atoms with van der Waals surface area (Å²) < 4.78 is 26.6. The molecule has 0 unspecified atom stereocenters. The molecular weight excluding hydrogens is 340 g/mol. The van der Waals surface area contributed by atoms with Crippen molar-refractivity contribution in [1.29, 1.82) is 0 Å². The molecule has 0 radical (unpaired) electrons. The standard InChI is InChI=1S/C17H28N4O3S/c1-17(2,12-18)13-20(3)16(22)14-6-9-21(10-7-14)25(23,24)15-5-4-8-19-11-15/h4-5,8,11,14H,6-7,9-10,12-13,18H2,1-3H3. The van der Waals surface area contributed by atoms with E-state index in [2.05, 4.69) is 4.98 Å². The Bertz CT molecular complexity index is 683. The summed E-state index contributed by atoms with van der Waals surface area (Å²) in [7, 11) is -1.74. The van der Waals surface area contributed by atoms with Crippen LogP contribution in [0.2, 0.25) is 0 Å². The van der Waals surface area contributed by atoms with Crippen molar-refractivity contribution in [3.05, 3.63) is 24.5 Å². The van der Waals surface area contributed by atoms with Gasteiger partial charge >= 0.3 is 0 Å². The van der Waals surface area contributed by atoms with Crippen LogP contribution in [-0.4, -0.2) is 61.7 Å². The first-order chi connectivity index (χ1) is 11.7. The number of amides is 1. The fourth-order valence-electron chi connectivity index (χ4n) is 3.09. The molecule has 0 saturated carbocycles. The van der Waals surface area contributed by atoms with E-state index in [0.29, 0.717) is 39.0 Å². The van der Waals surface area contributed by atoms with Gasteiger partial charge in [-0.15, -0.1) is 0 Å². The maximum absolute atomic E-state index is 12.6. The molecule has 1 fully saturated rings. The van der Waals surface area contributed by atoms with Crippen LogP contribution in [-0.2, 0) is 14.8 Å². The van der Waals surface area contributed by atoms with E-state index >= 15 is 0 Å². The average molecular weight is 369 g/mol. The summed E-state index contributed by atoms with van der Waals surface area (Å²) in [6, 6.07) is 3.15. The number of aromatic nitrogens is 1. The van der Waals surface area contributed by atoms with Crippen LogP contribution >= 0.6 is 0 Å². The summed E-state index contributed by atoms with van der Waals surface area (Å²) in [5, 5.41) is 0. The van der Waals surface area contributed by atoms with E-state index in [1.807, 2.05) is 13.8 Å². The average Bonchev–Trinajstić information content (AvgIpc) is 2.61. The number of hydrogen-bond donors (Lipinski definition) is 1. The topological polar surface area (TPSA) is 96.6 Å². The number of piperidine rings is 1. The third kappa shape index (κ3) is 4.77. The minimum Gasteiger partial charge on any atom is -0.345 e. The Morgan fingerprint density at radius 2 is 2.04 bits per heavy atom. The number of carbonyl (C=O) groups is 1. The van der Waals surface area contributed by atoms with Crippen molar-refractivity contribution in [2.75, 3.05) is 33.2 Å². The molecule has 1 aliphatic heterocycles. The molecule has 0 aliphatic carbocycles. The molecule has 0 aromatic carbocycles. The van der Waals surface area contributed by atoms with Gasteiger partial charge in [0.05, 0.1) is 0 Å². The molecule has 2 rings (SSSR count). The first kappa shape index (κ1) is 19.8. The molecule has 1 aromatic heterocycles. The predicted octanol–water partition coefficient (Wildman–Crippen LogP) is 0.926. The number of nitrogens with two attached hydrogens (primary N) is 1. The number of nitrogens with zero attached hydrogens (tertiary/aromatic N) is 3. The smallest absolute Gasteiger partial charge is 0.244 e. The van der Waals surface area contributed by atoms with Crippen LogP contribution in [0.1, 0.15) is 26.7 Å². The number of rotatable bonds is 6. The van der Waals surface area contributed by atoms with Crippen molar-refractivity contribution in [3.63, 3.8) is 0 Å². The van der Waals surface area contributed by atoms with Gasteiger partial charge in [-0.2, -0.15) is 4.31 Å². The van der Waals surface area contributed by atoms with E-state index in [1.54, 1.807) is 30.3 Å². The molecule has 0 bridgehead atoms. The maximum atomic E-state index is 12.6. The molecule has 2 heterocycles. The highest BCUT2D eigenvalue weighted by molar-refractivity contribution is 7.89. The normalized spacial score (nSPS) is 17.4. The molecule has 1 aliphatic rings. The minimum atomic E-state index is -3.53. The van der Waals surface area contributed by atoms with Crippen LogP contribution in [0.25, 0.3) is 0 Å². The highest BCUT2D eigenvalue weighted by Gasteiger charge is 2.34. The van der Waals surface area contributed by atoms with Gasteiger partial charge in [-0.1, -0.05) is 13.8 Å². The van der Waals surface area contributed by atoms with Gasteiger partial charge in [0.15, 0.2) is 0 Å². The van der Waals surface area contributed by atoms with Gasteiger partial charge in [-0.25, -0.2) is 8.42 Å². The Labute approximate surface area is 150 Å². The number of pyridine rings is 1. The fraction of sp³-hybridized carbons (Fsp3) is 0.647. The van der Waals surface area contributed by atoms with Gasteiger partial charge in [0.2, 0.25) is 15.9 Å². The first-order valence-corrected chi connectivity index (χ1v) is 9.96. The van der Waals surface area contributed by atoms with Crippen molar-refractivity contribution in [3.8, 4) is 0 Å². The quantitative estimate of drug-likeness (QED) is 0.805. The van der Waals surface area contributed by atoms with Crippen LogP contribution in [0.3, 0.4) is 0 Å². The Balaban J connectivity index is 1.96. The molecule has 140 valence electrons. The second-order valence-electron chi connectivity index (χ2n) is 7.43. The van der Waals surface area contributed by atoms with Crippen LogP contribution < -0.4 is 5.73 Å². The Morgan fingerprint density at radius 3 is 2.56 bits per heavy atom. The van der Waals surface area contributed by atoms with Crippen LogP contribution in [0, 0.1) is 11.3 Å². The highest BCUT2D eigenvalue weighted by atomic mass is 32.2. The minimum absolute atomic E-state index is 0.0694. The summed E-state index contributed by atoms with van der Waals surface area (Å²) in [4.78, 5) is 18.4. The Hall–Kier alpha value is -1.51. The molecule has 1 saturated heterocycles. The largest absolute Gasteiger partial charge is 0.345 e. The lowest BCUT2D eigenvalue weighted by atomic mass is 9.91. The molecule has 0 spiro atoms. The number of hydrogen-bond acceptors (Lipinski definition) is 5. The predicted molar refractivity (Wildman–Crippen MR) is 96.2 cm³/mol. The zero-order valence-electron chi connectivity index (χ0n) is 15.2. The first-order valence-electron chi connectivity index (χ1n) is 8.52. The third-order valence-corrected chi connectivity index (χ3v) is 6.55. The molecule has 0 atom stereocenters. The lowest BCUT2D eigenvalue weighted by molar-refractivity contribution is -0.136. The van der Waals surface area contributed by atoms with Gasteiger partial charge in [0.1, 0.15) is 4.90 Å². The molecule has 8 heteroatoms. The fourth-order valence-corrected chi connectivity index (χ4v) is 4.52. The lowest BCUT2D eigenvalue weighted by Gasteiger charge is -2.35. The van der Waals surface area contributed by atoms with Gasteiger partial charge < -0.3 is 10.6 Å². The van der Waals surface area contributed by atoms with E-state index in [0.717, 1.165) is 0 Å². The number of carbonyl (C=O) groups excluding carboxylic acids is 1. The lowest BCUT2D eigenvalue weighted by Crippen LogP contribution is -2.46. The third-order valence-electron chi connectivity index (χ3n) is 4.67. The molecule has 1 amide bonds. The summed E-state index contributed by atoms with van der Waals surface area (Å²) in [5.41, 5.74) is 5.61. The zero-order valence-corrected chi connectivity index (χ0v) is 16.0. The Kier molecular flexibility index (Phi) is 6.18. The van der Waals surface area contributed by atoms with Gasteiger partial charge in [0, 0.05) is 45.0 Å². The van der Waals surface area contributed by atoms with Gasteiger partial charge in [-0.05, 0) is 36.9 Å². The summed E-state index contributed by atoms with van der Waals surface area (Å²) >= 11 is 0. The van der Waals surface area contributed by atoms with E-state index in [-0.39, 0.29) is 22.1 Å². The van der Waals surface area contributed by atoms with Gasteiger partial charge in [-0.3, -0.25) is 9.78 Å². The molecule has 25 heavy (non-hydrogen) atoms. The SMILES string of the molecule is CN(CC(C)(C)CN)C(=O)C1CCN(S(=O)(=O)c2cccnc2)CC1. The highest BCUT2D eigenvalue weighted by Crippen LogP contribution is 2.25. The van der Waals surface area contributed by atoms with E-state index in [9.17, 15) is 13.2 Å². The summed E-state index contributed by atoms with van der Waals surface area (Å²) in [6.07, 6.45) is 3.97. The second kappa shape index (κ2) is 7.80. The van der Waals surface area contributed by atoms with Crippen molar-refractivity contribution < 1.29 is 13.2 Å². The van der Waals surface area contributed by atoms with Crippen LogP contribution in [0.5, 0.6) is 0 Å². The molecule has 2 N–H and O–H groups in total. The summed E-state index contributed by atoms with van der Waals surface area (Å²) in [5.74, 6) is -0.0705. The van der Waals surface area contributed by atoms with E-state index in [1.165, 1.54) is 10.5 Å². The van der Waals surface area contributed by atoms with E-state index in [4.69, 9.17) is 5.73 Å². The molecular formula is C17H28N4O3S. The maximum Gasteiger partial charge on any atom is 0.244 e. The summed E-state index contributed by atoms with van der Waals surface area (Å²) in [6.45, 7) is 5.85. The Morgan fingerprint density at radius 1 is 1.40 bits per heavy atom. The van der Waals surface area contributed by atoms with Crippen LogP contribution in [0.15, 0.2) is 29.4 Å².